The average Bonchev–Trinajstić information content (AvgIpc) is 2.65. The third-order valence-corrected chi connectivity index (χ3v) is 3.00. The van der Waals surface area contributed by atoms with E-state index < -0.39 is 0 Å². The molecule has 1 atom stereocenters. The van der Waals surface area contributed by atoms with Crippen LogP contribution >= 0.6 is 12.2 Å². The van der Waals surface area contributed by atoms with Crippen LogP contribution in [-0.2, 0) is 0 Å². The lowest BCUT2D eigenvalue weighted by atomic mass is 10.2. The summed E-state index contributed by atoms with van der Waals surface area (Å²) in [5.41, 5.74) is 7.36. The van der Waals surface area contributed by atoms with Crippen LogP contribution in [-0.4, -0.2) is 23.1 Å². The van der Waals surface area contributed by atoms with Gasteiger partial charge >= 0.3 is 0 Å². The van der Waals surface area contributed by atoms with Gasteiger partial charge in [0.25, 0.3) is 0 Å². The third kappa shape index (κ3) is 2.26. The van der Waals surface area contributed by atoms with Crippen LogP contribution in [0.3, 0.4) is 0 Å². The average molecular weight is 221 g/mol. The molecule has 0 saturated carbocycles. The Morgan fingerprint density at radius 2 is 2.40 bits per heavy atom. The van der Waals surface area contributed by atoms with E-state index >= 15 is 0 Å². The third-order valence-electron chi connectivity index (χ3n) is 2.79. The van der Waals surface area contributed by atoms with Crippen molar-refractivity contribution in [1.29, 1.82) is 0 Å². The largest absolute Gasteiger partial charge is 0.388 e. The zero-order valence-electron chi connectivity index (χ0n) is 8.81. The first-order valence-corrected chi connectivity index (χ1v) is 5.58. The van der Waals surface area contributed by atoms with Gasteiger partial charge < -0.3 is 10.6 Å². The van der Waals surface area contributed by atoms with Gasteiger partial charge in [0, 0.05) is 13.1 Å². The van der Waals surface area contributed by atoms with Crippen LogP contribution in [0.25, 0.3) is 0 Å². The van der Waals surface area contributed by atoms with Gasteiger partial charge in [-0.25, -0.2) is 0 Å². The van der Waals surface area contributed by atoms with Gasteiger partial charge in [-0.3, -0.25) is 4.98 Å². The maximum atomic E-state index is 5.49. The maximum Gasteiger partial charge on any atom is 0.122 e. The normalized spacial score (nSPS) is 20.6. The number of nitrogens with two attached hydrogens (primary N) is 1. The summed E-state index contributed by atoms with van der Waals surface area (Å²) < 4.78 is 0. The Balaban J connectivity index is 2.13. The molecule has 80 valence electrons. The minimum Gasteiger partial charge on any atom is -0.388 e. The molecule has 0 bridgehead atoms. The fraction of sp³-hybridized carbons (Fsp3) is 0.455. The number of thiocarbonyl (C=S) groups is 1. The smallest absolute Gasteiger partial charge is 0.122 e. The lowest BCUT2D eigenvalue weighted by molar-refractivity contribution is 0.659. The molecule has 2 N–H and O–H groups in total. The van der Waals surface area contributed by atoms with Gasteiger partial charge in [0.2, 0.25) is 0 Å². The van der Waals surface area contributed by atoms with Crippen molar-refractivity contribution in [2.24, 2.45) is 11.7 Å². The van der Waals surface area contributed by atoms with Gasteiger partial charge in [-0.15, -0.1) is 0 Å². The molecule has 1 aromatic rings. The molecule has 1 fully saturated rings. The number of nitrogens with zero attached hydrogens (tertiary/aromatic N) is 2. The molecule has 0 radical (unpaired) electrons. The lowest BCUT2D eigenvalue weighted by Gasteiger charge is -2.17. The number of hydrogen-bond donors (Lipinski definition) is 1. The van der Waals surface area contributed by atoms with E-state index in [1.165, 1.54) is 12.1 Å². The molecule has 1 unspecified atom stereocenters. The highest BCUT2D eigenvalue weighted by molar-refractivity contribution is 7.80. The predicted octanol–water partition coefficient (Wildman–Crippen LogP) is 1.56. The molecule has 2 heterocycles. The Hall–Kier alpha value is -1.16. The lowest BCUT2D eigenvalue weighted by Crippen LogP contribution is -2.20. The van der Waals surface area contributed by atoms with E-state index in [4.69, 9.17) is 18.0 Å². The van der Waals surface area contributed by atoms with Crippen LogP contribution in [0.15, 0.2) is 18.3 Å². The van der Waals surface area contributed by atoms with Crippen molar-refractivity contribution in [3.05, 3.63) is 24.0 Å². The summed E-state index contributed by atoms with van der Waals surface area (Å²) >= 11 is 4.86. The summed E-state index contributed by atoms with van der Waals surface area (Å²) in [6, 6.07) is 3.93. The number of anilines is 1. The topological polar surface area (TPSA) is 42.1 Å². The van der Waals surface area contributed by atoms with Crippen LogP contribution in [0.2, 0.25) is 0 Å². The molecule has 1 aliphatic heterocycles. The minimum absolute atomic E-state index is 0.358. The number of aromatic nitrogens is 1. The molecule has 1 aromatic heterocycles. The van der Waals surface area contributed by atoms with Crippen molar-refractivity contribution in [1.82, 2.24) is 4.98 Å². The Kier molecular flexibility index (Phi) is 2.86. The Morgan fingerprint density at radius 1 is 1.60 bits per heavy atom. The van der Waals surface area contributed by atoms with E-state index in [0.717, 1.165) is 19.0 Å². The van der Waals surface area contributed by atoms with Gasteiger partial charge in [-0.2, -0.15) is 0 Å². The van der Waals surface area contributed by atoms with Crippen LogP contribution in [0.5, 0.6) is 0 Å². The van der Waals surface area contributed by atoms with E-state index in [0.29, 0.717) is 10.7 Å². The van der Waals surface area contributed by atoms with Gasteiger partial charge in [0.1, 0.15) is 4.99 Å². The van der Waals surface area contributed by atoms with Crippen LogP contribution < -0.4 is 10.6 Å². The van der Waals surface area contributed by atoms with E-state index in [1.807, 2.05) is 18.3 Å². The van der Waals surface area contributed by atoms with Crippen LogP contribution in [0, 0.1) is 5.92 Å². The van der Waals surface area contributed by atoms with Crippen molar-refractivity contribution in [2.75, 3.05) is 18.0 Å². The van der Waals surface area contributed by atoms with E-state index in [9.17, 15) is 0 Å². The maximum absolute atomic E-state index is 5.49. The molecular formula is C11H15N3S. The predicted molar refractivity (Wildman–Crippen MR) is 66.1 cm³/mol. The molecule has 4 heteroatoms. The Bertz CT molecular complexity index is 361. The minimum atomic E-state index is 0.358. The summed E-state index contributed by atoms with van der Waals surface area (Å²) in [5, 5.41) is 0. The van der Waals surface area contributed by atoms with Crippen molar-refractivity contribution in [3.63, 3.8) is 0 Å². The molecular weight excluding hydrogens is 206 g/mol. The highest BCUT2D eigenvalue weighted by Crippen LogP contribution is 2.22. The molecule has 1 aliphatic rings. The van der Waals surface area contributed by atoms with Gasteiger partial charge in [-0.1, -0.05) is 19.1 Å². The molecule has 3 nitrogen and oxygen atoms in total. The SMILES string of the molecule is CC1CCN(c2ccc(C(N)=S)nc2)C1. The Morgan fingerprint density at radius 3 is 2.87 bits per heavy atom. The zero-order chi connectivity index (χ0) is 10.8. The fourth-order valence-electron chi connectivity index (χ4n) is 1.89. The highest BCUT2D eigenvalue weighted by atomic mass is 32.1. The summed E-state index contributed by atoms with van der Waals surface area (Å²) in [4.78, 5) is 6.95. The molecule has 0 spiro atoms. The van der Waals surface area contributed by atoms with Crippen molar-refractivity contribution < 1.29 is 0 Å². The zero-order valence-corrected chi connectivity index (χ0v) is 9.63. The van der Waals surface area contributed by atoms with Crippen molar-refractivity contribution in [2.45, 2.75) is 13.3 Å². The van der Waals surface area contributed by atoms with Crippen LogP contribution in [0.4, 0.5) is 5.69 Å². The Labute approximate surface area is 95.3 Å². The van der Waals surface area contributed by atoms with Gasteiger partial charge in [0.05, 0.1) is 17.6 Å². The molecule has 1 saturated heterocycles. The molecule has 15 heavy (non-hydrogen) atoms. The van der Waals surface area contributed by atoms with Crippen molar-refractivity contribution in [3.8, 4) is 0 Å². The first kappa shape index (κ1) is 10.4. The molecule has 0 aromatic carbocycles. The second kappa shape index (κ2) is 4.14. The van der Waals surface area contributed by atoms with Gasteiger partial charge in [-0.05, 0) is 24.5 Å². The number of pyridine rings is 1. The number of rotatable bonds is 2. The fourth-order valence-corrected chi connectivity index (χ4v) is 2.01. The summed E-state index contributed by atoms with van der Waals surface area (Å²) in [5.74, 6) is 0.778. The molecule has 0 amide bonds. The monoisotopic (exact) mass is 221 g/mol. The van der Waals surface area contributed by atoms with Gasteiger partial charge in [0.15, 0.2) is 0 Å². The van der Waals surface area contributed by atoms with E-state index in [2.05, 4.69) is 16.8 Å². The summed E-state index contributed by atoms with van der Waals surface area (Å²) in [6.07, 6.45) is 3.11. The highest BCUT2D eigenvalue weighted by Gasteiger charge is 2.18. The first-order valence-electron chi connectivity index (χ1n) is 5.17. The standard InChI is InChI=1S/C11H15N3S/c1-8-4-5-14(7-8)9-2-3-10(11(12)15)13-6-9/h2-3,6,8H,4-5,7H2,1H3,(H2,12,15). The summed E-state index contributed by atoms with van der Waals surface area (Å²) in [7, 11) is 0. The van der Waals surface area contributed by atoms with Crippen molar-refractivity contribution >= 4 is 22.9 Å². The van der Waals surface area contributed by atoms with Crippen LogP contribution in [0.1, 0.15) is 19.0 Å². The number of hydrogen-bond acceptors (Lipinski definition) is 3. The summed E-state index contributed by atoms with van der Waals surface area (Å²) in [6.45, 7) is 4.51. The second-order valence-electron chi connectivity index (χ2n) is 4.11. The quantitative estimate of drug-likeness (QED) is 0.770. The van der Waals surface area contributed by atoms with E-state index in [1.54, 1.807) is 0 Å². The second-order valence-corrected chi connectivity index (χ2v) is 4.55. The first-order chi connectivity index (χ1) is 7.16. The van der Waals surface area contributed by atoms with E-state index in [-0.39, 0.29) is 0 Å². The molecule has 0 aliphatic carbocycles. The molecule has 2 rings (SSSR count).